The van der Waals surface area contributed by atoms with Crippen molar-refractivity contribution in [2.45, 2.75) is 0 Å². The van der Waals surface area contributed by atoms with Crippen LogP contribution in [0.2, 0.25) is 0 Å². The summed E-state index contributed by atoms with van der Waals surface area (Å²) in [4.78, 5) is 4.75. The van der Waals surface area contributed by atoms with Gasteiger partial charge in [0.25, 0.3) is 0 Å². The third-order valence-corrected chi connectivity index (χ3v) is 1.19. The Kier molecular flexibility index (Phi) is 0.798. The van der Waals surface area contributed by atoms with Crippen LogP contribution in [-0.4, -0.2) is 11.6 Å². The van der Waals surface area contributed by atoms with Crippen LogP contribution in [0.3, 0.4) is 0 Å². The summed E-state index contributed by atoms with van der Waals surface area (Å²) in [6, 6.07) is 0. The first-order valence-corrected chi connectivity index (χ1v) is 2.69. The second-order valence-corrected chi connectivity index (χ2v) is 1.78. The Morgan fingerprint density at radius 2 is 2.67 bits per heavy atom. The molecule has 2 aliphatic heterocycles. The van der Waals surface area contributed by atoms with Crippen LogP contribution in [0.1, 0.15) is 0 Å². The molecule has 2 rings (SSSR count). The average Bonchev–Trinajstić information content (AvgIpc) is 2.33. The number of hydrogen-bond acceptors (Lipinski definition) is 4. The zero-order valence-corrected chi connectivity index (χ0v) is 4.69. The van der Waals surface area contributed by atoms with E-state index in [1.807, 2.05) is 18.2 Å². The van der Waals surface area contributed by atoms with E-state index in [1.165, 1.54) is 0 Å². The molecule has 0 saturated heterocycles. The van der Waals surface area contributed by atoms with Gasteiger partial charge in [-0.15, -0.1) is 0 Å². The van der Waals surface area contributed by atoms with Crippen molar-refractivity contribution in [2.24, 2.45) is 10.5 Å². The maximum absolute atomic E-state index is 4.75. The van der Waals surface area contributed by atoms with Crippen molar-refractivity contribution in [3.05, 3.63) is 24.1 Å². The SMILES string of the molecule is C1=CCN2N=NOC2=C1. The normalized spacial score (nSPS) is 21.3. The minimum absolute atomic E-state index is 0.706. The van der Waals surface area contributed by atoms with Crippen molar-refractivity contribution < 1.29 is 4.84 Å². The molecule has 0 bridgehead atoms. The minimum Gasteiger partial charge on any atom is -0.318 e. The second kappa shape index (κ2) is 1.58. The molecule has 9 heavy (non-hydrogen) atoms. The maximum atomic E-state index is 4.75. The maximum Gasteiger partial charge on any atom is 0.249 e. The largest absolute Gasteiger partial charge is 0.318 e. The fraction of sp³-hybridized carbons (Fsp3) is 0.200. The van der Waals surface area contributed by atoms with Crippen LogP contribution in [0.25, 0.3) is 0 Å². The molecule has 0 radical (unpaired) electrons. The van der Waals surface area contributed by atoms with Crippen LogP contribution in [0.5, 0.6) is 0 Å². The van der Waals surface area contributed by atoms with Gasteiger partial charge in [-0.2, -0.15) is 0 Å². The molecule has 0 amide bonds. The molecule has 0 aromatic heterocycles. The summed E-state index contributed by atoms with van der Waals surface area (Å²) in [7, 11) is 0. The first kappa shape index (κ1) is 4.55. The molecule has 0 fully saturated rings. The summed E-state index contributed by atoms with van der Waals surface area (Å²) in [5.41, 5.74) is 0. The van der Waals surface area contributed by atoms with Gasteiger partial charge >= 0.3 is 0 Å². The van der Waals surface area contributed by atoms with E-state index >= 15 is 0 Å². The van der Waals surface area contributed by atoms with E-state index in [9.17, 15) is 0 Å². The first-order valence-electron chi connectivity index (χ1n) is 2.69. The van der Waals surface area contributed by atoms with Gasteiger partial charge < -0.3 is 4.84 Å². The molecule has 0 N–H and O–H groups in total. The van der Waals surface area contributed by atoms with Gasteiger partial charge in [-0.1, -0.05) is 12.2 Å². The molecule has 0 unspecified atom stereocenters. The lowest BCUT2D eigenvalue weighted by atomic mass is 10.4. The fourth-order valence-corrected chi connectivity index (χ4v) is 0.749. The molecule has 4 heteroatoms. The Balaban J connectivity index is 2.29. The Bertz CT molecular complexity index is 206. The summed E-state index contributed by atoms with van der Waals surface area (Å²) in [5, 5.41) is 8.73. The van der Waals surface area contributed by atoms with Gasteiger partial charge in [0, 0.05) is 6.08 Å². The van der Waals surface area contributed by atoms with Crippen molar-refractivity contribution >= 4 is 0 Å². The Hall–Kier alpha value is -1.32. The van der Waals surface area contributed by atoms with E-state index < -0.39 is 0 Å². The Morgan fingerprint density at radius 1 is 1.67 bits per heavy atom. The summed E-state index contributed by atoms with van der Waals surface area (Å²) in [6.07, 6.45) is 5.73. The van der Waals surface area contributed by atoms with Crippen LogP contribution < -0.4 is 0 Å². The highest BCUT2D eigenvalue weighted by atomic mass is 16.7. The van der Waals surface area contributed by atoms with Crippen molar-refractivity contribution in [1.82, 2.24) is 5.01 Å². The van der Waals surface area contributed by atoms with Gasteiger partial charge in [0.2, 0.25) is 5.88 Å². The van der Waals surface area contributed by atoms with Gasteiger partial charge in [-0.25, -0.2) is 5.01 Å². The van der Waals surface area contributed by atoms with Crippen LogP contribution >= 0.6 is 0 Å². The highest BCUT2D eigenvalue weighted by Gasteiger charge is 2.16. The highest BCUT2D eigenvalue weighted by molar-refractivity contribution is 5.13. The third-order valence-electron chi connectivity index (χ3n) is 1.19. The van der Waals surface area contributed by atoms with Crippen molar-refractivity contribution in [2.75, 3.05) is 6.54 Å². The summed E-state index contributed by atoms with van der Waals surface area (Å²) < 4.78 is 0. The molecule has 4 nitrogen and oxygen atoms in total. The predicted octanol–water partition coefficient (Wildman–Crippen LogP) is 1.01. The topological polar surface area (TPSA) is 37.2 Å². The number of hydrogen-bond donors (Lipinski definition) is 0. The first-order chi connectivity index (χ1) is 4.47. The smallest absolute Gasteiger partial charge is 0.249 e. The van der Waals surface area contributed by atoms with Crippen molar-refractivity contribution in [3.63, 3.8) is 0 Å². The van der Waals surface area contributed by atoms with E-state index in [1.54, 1.807) is 5.01 Å². The molecule has 0 atom stereocenters. The minimum atomic E-state index is 0.706. The number of rotatable bonds is 0. The van der Waals surface area contributed by atoms with Gasteiger partial charge in [0.1, 0.15) is 0 Å². The summed E-state index contributed by atoms with van der Waals surface area (Å²) in [5.74, 6) is 0.706. The van der Waals surface area contributed by atoms with Crippen LogP contribution in [-0.2, 0) is 4.84 Å². The second-order valence-electron chi connectivity index (χ2n) is 1.78. The number of nitrogens with zero attached hydrogens (tertiary/aromatic N) is 3. The summed E-state index contributed by atoms with van der Waals surface area (Å²) >= 11 is 0. The number of fused-ring (bicyclic) bond motifs is 1. The molecule has 0 spiro atoms. The highest BCUT2D eigenvalue weighted by Crippen LogP contribution is 2.17. The average molecular weight is 123 g/mol. The van der Waals surface area contributed by atoms with Gasteiger partial charge in [-0.3, -0.25) is 0 Å². The van der Waals surface area contributed by atoms with E-state index in [2.05, 4.69) is 10.5 Å². The lowest BCUT2D eigenvalue weighted by molar-refractivity contribution is 0.199. The van der Waals surface area contributed by atoms with Crippen LogP contribution in [0, 0.1) is 0 Å². The molecule has 46 valence electrons. The molecule has 0 aromatic rings. The number of allylic oxidation sites excluding steroid dienone is 2. The van der Waals surface area contributed by atoms with Crippen LogP contribution in [0.4, 0.5) is 0 Å². The van der Waals surface area contributed by atoms with Crippen LogP contribution in [0.15, 0.2) is 34.6 Å². The van der Waals surface area contributed by atoms with E-state index in [0.29, 0.717) is 5.88 Å². The fourth-order valence-electron chi connectivity index (χ4n) is 0.749. The Morgan fingerprint density at radius 3 is 3.56 bits per heavy atom. The predicted molar refractivity (Wildman–Crippen MR) is 29.9 cm³/mol. The lowest BCUT2D eigenvalue weighted by Crippen LogP contribution is -2.14. The monoisotopic (exact) mass is 123 g/mol. The molecular formula is C5H5N3O. The quantitative estimate of drug-likeness (QED) is 0.482. The zero-order chi connectivity index (χ0) is 6.10. The van der Waals surface area contributed by atoms with E-state index in [4.69, 9.17) is 4.84 Å². The standard InChI is InChI=1S/C5H5N3O/c1-2-4-8-5(3-1)9-7-6-8/h1-3H,4H2. The Labute approximate surface area is 52.1 Å². The van der Waals surface area contributed by atoms with E-state index in [-0.39, 0.29) is 0 Å². The van der Waals surface area contributed by atoms with Gasteiger partial charge in [0.05, 0.1) is 11.8 Å². The lowest BCUT2D eigenvalue weighted by Gasteiger charge is -2.09. The molecular weight excluding hydrogens is 118 g/mol. The summed E-state index contributed by atoms with van der Waals surface area (Å²) in [6.45, 7) is 0.759. The molecule has 0 saturated carbocycles. The van der Waals surface area contributed by atoms with Crippen molar-refractivity contribution in [1.29, 1.82) is 0 Å². The zero-order valence-electron chi connectivity index (χ0n) is 4.69. The van der Waals surface area contributed by atoms with Gasteiger partial charge in [0.15, 0.2) is 0 Å². The van der Waals surface area contributed by atoms with E-state index in [0.717, 1.165) is 6.54 Å². The third kappa shape index (κ3) is 0.595. The molecule has 0 aromatic carbocycles. The molecule has 2 aliphatic rings. The van der Waals surface area contributed by atoms with Gasteiger partial charge in [-0.05, 0) is 5.22 Å². The molecule has 2 heterocycles. The molecule has 0 aliphatic carbocycles. The van der Waals surface area contributed by atoms with Crippen molar-refractivity contribution in [3.8, 4) is 0 Å².